The van der Waals surface area contributed by atoms with Crippen LogP contribution in [0.15, 0.2) is 11.6 Å². The molecule has 1 saturated heterocycles. The van der Waals surface area contributed by atoms with Crippen molar-refractivity contribution in [2.24, 2.45) is 17.8 Å². The molecule has 1 aliphatic carbocycles. The molecule has 0 unspecified atom stereocenters. The summed E-state index contributed by atoms with van der Waals surface area (Å²) in [5, 5.41) is 0. The van der Waals surface area contributed by atoms with Crippen LogP contribution in [-0.2, 0) is 9.53 Å². The molecule has 20 heavy (non-hydrogen) atoms. The first-order chi connectivity index (χ1) is 9.56. The standard InChI is InChI=1S/C17H29NO2/c1-13-9-14(2)16(15(3)10-13)12-20-17(19)11-18-7-5-4-6-8-18/h9,14-16H,4-8,10-12H2,1-3H3/t14-,15+,16+/m1/s1. The second-order valence-corrected chi connectivity index (χ2v) is 6.74. The Kier molecular flexibility index (Phi) is 5.64. The van der Waals surface area contributed by atoms with Crippen molar-refractivity contribution >= 4 is 5.97 Å². The number of hydrogen-bond acceptors (Lipinski definition) is 3. The Morgan fingerprint density at radius 3 is 2.65 bits per heavy atom. The lowest BCUT2D eigenvalue weighted by Gasteiger charge is -2.33. The molecule has 1 fully saturated rings. The first kappa shape index (κ1) is 15.6. The van der Waals surface area contributed by atoms with Crippen LogP contribution in [0.4, 0.5) is 0 Å². The van der Waals surface area contributed by atoms with E-state index >= 15 is 0 Å². The van der Waals surface area contributed by atoms with Gasteiger partial charge >= 0.3 is 5.97 Å². The molecule has 0 aromatic heterocycles. The van der Waals surface area contributed by atoms with E-state index in [1.165, 1.54) is 24.8 Å². The maximum Gasteiger partial charge on any atom is 0.320 e. The van der Waals surface area contributed by atoms with Gasteiger partial charge < -0.3 is 4.74 Å². The second-order valence-electron chi connectivity index (χ2n) is 6.74. The molecule has 3 nitrogen and oxygen atoms in total. The van der Waals surface area contributed by atoms with Gasteiger partial charge in [-0.25, -0.2) is 0 Å². The van der Waals surface area contributed by atoms with Gasteiger partial charge in [0.05, 0.1) is 13.2 Å². The molecule has 0 spiro atoms. The number of piperidine rings is 1. The van der Waals surface area contributed by atoms with Crippen LogP contribution in [0.1, 0.15) is 46.5 Å². The number of allylic oxidation sites excluding steroid dienone is 2. The lowest BCUT2D eigenvalue weighted by atomic mass is 9.75. The SMILES string of the molecule is CC1=C[C@@H](C)[C@H](COC(=O)CN2CCCCC2)[C@@H](C)C1. The van der Waals surface area contributed by atoms with Gasteiger partial charge in [-0.15, -0.1) is 0 Å². The smallest absolute Gasteiger partial charge is 0.320 e. The van der Waals surface area contributed by atoms with Crippen molar-refractivity contribution in [1.82, 2.24) is 4.90 Å². The molecule has 0 radical (unpaired) electrons. The number of nitrogens with zero attached hydrogens (tertiary/aromatic N) is 1. The number of hydrogen-bond donors (Lipinski definition) is 0. The maximum absolute atomic E-state index is 12.0. The third kappa shape index (κ3) is 4.34. The van der Waals surface area contributed by atoms with Crippen LogP contribution in [0, 0.1) is 17.8 Å². The number of carbonyl (C=O) groups excluding carboxylic acids is 1. The van der Waals surface area contributed by atoms with Crippen molar-refractivity contribution in [3.05, 3.63) is 11.6 Å². The summed E-state index contributed by atoms with van der Waals surface area (Å²) in [5.74, 6) is 1.56. The number of rotatable bonds is 4. The Labute approximate surface area is 123 Å². The van der Waals surface area contributed by atoms with E-state index in [-0.39, 0.29) is 5.97 Å². The zero-order chi connectivity index (χ0) is 14.5. The van der Waals surface area contributed by atoms with Gasteiger partial charge in [0.2, 0.25) is 0 Å². The third-order valence-electron chi connectivity index (χ3n) is 4.84. The predicted molar refractivity (Wildman–Crippen MR) is 81.4 cm³/mol. The molecule has 0 saturated carbocycles. The van der Waals surface area contributed by atoms with Gasteiger partial charge in [-0.2, -0.15) is 0 Å². The summed E-state index contributed by atoms with van der Waals surface area (Å²) in [6, 6.07) is 0. The van der Waals surface area contributed by atoms with Crippen LogP contribution in [0.5, 0.6) is 0 Å². The highest BCUT2D eigenvalue weighted by molar-refractivity contribution is 5.71. The zero-order valence-corrected chi connectivity index (χ0v) is 13.2. The minimum Gasteiger partial charge on any atom is -0.464 e. The summed E-state index contributed by atoms with van der Waals surface area (Å²) in [6.07, 6.45) is 7.21. The molecule has 0 aromatic rings. The summed E-state index contributed by atoms with van der Waals surface area (Å²) in [7, 11) is 0. The molecular formula is C17H29NO2. The van der Waals surface area contributed by atoms with Gasteiger partial charge in [-0.3, -0.25) is 9.69 Å². The first-order valence-corrected chi connectivity index (χ1v) is 8.11. The quantitative estimate of drug-likeness (QED) is 0.584. The van der Waals surface area contributed by atoms with Crippen LogP contribution in [0.3, 0.4) is 0 Å². The Morgan fingerprint density at radius 2 is 2.00 bits per heavy atom. The minimum atomic E-state index is -0.0439. The van der Waals surface area contributed by atoms with Crippen molar-refractivity contribution in [2.45, 2.75) is 46.5 Å². The summed E-state index contributed by atoms with van der Waals surface area (Å²) in [4.78, 5) is 14.2. The molecule has 0 amide bonds. The van der Waals surface area contributed by atoms with Crippen LogP contribution < -0.4 is 0 Å². The van der Waals surface area contributed by atoms with Crippen LogP contribution in [0.25, 0.3) is 0 Å². The highest BCUT2D eigenvalue weighted by atomic mass is 16.5. The highest BCUT2D eigenvalue weighted by Crippen LogP contribution is 2.33. The van der Waals surface area contributed by atoms with E-state index in [4.69, 9.17) is 4.74 Å². The van der Waals surface area contributed by atoms with Crippen LogP contribution >= 0.6 is 0 Å². The van der Waals surface area contributed by atoms with Crippen LogP contribution in [-0.4, -0.2) is 37.1 Å². The second kappa shape index (κ2) is 7.26. The molecule has 0 N–H and O–H groups in total. The van der Waals surface area contributed by atoms with E-state index in [2.05, 4.69) is 31.7 Å². The Morgan fingerprint density at radius 1 is 1.30 bits per heavy atom. The van der Waals surface area contributed by atoms with E-state index in [9.17, 15) is 4.79 Å². The van der Waals surface area contributed by atoms with E-state index in [0.29, 0.717) is 30.9 Å². The van der Waals surface area contributed by atoms with Gasteiger partial charge in [0, 0.05) is 5.92 Å². The number of esters is 1. The van der Waals surface area contributed by atoms with Gasteiger partial charge in [0.25, 0.3) is 0 Å². The molecular weight excluding hydrogens is 250 g/mol. The third-order valence-corrected chi connectivity index (χ3v) is 4.84. The molecule has 2 rings (SSSR count). The Hall–Kier alpha value is -0.830. The average molecular weight is 279 g/mol. The number of carbonyl (C=O) groups is 1. The molecule has 2 aliphatic rings. The van der Waals surface area contributed by atoms with Crippen molar-refractivity contribution in [3.63, 3.8) is 0 Å². The highest BCUT2D eigenvalue weighted by Gasteiger charge is 2.28. The van der Waals surface area contributed by atoms with Gasteiger partial charge in [-0.1, -0.05) is 31.9 Å². The van der Waals surface area contributed by atoms with E-state index < -0.39 is 0 Å². The Bertz CT molecular complexity index is 358. The molecule has 1 heterocycles. The van der Waals surface area contributed by atoms with Crippen molar-refractivity contribution in [1.29, 1.82) is 0 Å². The predicted octanol–water partition coefficient (Wildman–Crippen LogP) is 3.25. The lowest BCUT2D eigenvalue weighted by Crippen LogP contribution is -2.36. The normalized spacial score (nSPS) is 31.8. The number of likely N-dealkylation sites (tertiary alicyclic amines) is 1. The van der Waals surface area contributed by atoms with Crippen molar-refractivity contribution < 1.29 is 9.53 Å². The fourth-order valence-corrected chi connectivity index (χ4v) is 3.67. The van der Waals surface area contributed by atoms with Crippen molar-refractivity contribution in [3.8, 4) is 0 Å². The zero-order valence-electron chi connectivity index (χ0n) is 13.2. The largest absolute Gasteiger partial charge is 0.464 e. The van der Waals surface area contributed by atoms with Crippen molar-refractivity contribution in [2.75, 3.05) is 26.2 Å². The number of ether oxygens (including phenoxy) is 1. The van der Waals surface area contributed by atoms with E-state index in [1.807, 2.05) is 0 Å². The van der Waals surface area contributed by atoms with Gasteiger partial charge in [0.1, 0.15) is 0 Å². The van der Waals surface area contributed by atoms with E-state index in [0.717, 1.165) is 19.5 Å². The molecule has 1 aliphatic heterocycles. The van der Waals surface area contributed by atoms with Gasteiger partial charge in [-0.05, 0) is 51.1 Å². The average Bonchev–Trinajstić information content (AvgIpc) is 2.38. The van der Waals surface area contributed by atoms with Gasteiger partial charge in [0.15, 0.2) is 0 Å². The first-order valence-electron chi connectivity index (χ1n) is 8.11. The monoisotopic (exact) mass is 279 g/mol. The molecule has 3 atom stereocenters. The fraction of sp³-hybridized carbons (Fsp3) is 0.824. The molecule has 114 valence electrons. The summed E-state index contributed by atoms with van der Waals surface area (Å²) in [6.45, 7) is 9.87. The topological polar surface area (TPSA) is 29.5 Å². The summed E-state index contributed by atoms with van der Waals surface area (Å²) in [5.41, 5.74) is 1.47. The summed E-state index contributed by atoms with van der Waals surface area (Å²) >= 11 is 0. The van der Waals surface area contributed by atoms with Crippen LogP contribution in [0.2, 0.25) is 0 Å². The summed E-state index contributed by atoms with van der Waals surface area (Å²) < 4.78 is 5.55. The molecule has 0 aromatic carbocycles. The molecule has 3 heteroatoms. The maximum atomic E-state index is 12.0. The molecule has 0 bridgehead atoms. The Balaban J connectivity index is 1.75. The minimum absolute atomic E-state index is 0.0439. The fourth-order valence-electron chi connectivity index (χ4n) is 3.67. The van der Waals surface area contributed by atoms with E-state index in [1.54, 1.807) is 0 Å². The lowest BCUT2D eigenvalue weighted by molar-refractivity contribution is -0.147.